The summed E-state index contributed by atoms with van der Waals surface area (Å²) in [6.07, 6.45) is -0.0235. The number of nitrogens with zero attached hydrogens (tertiary/aromatic N) is 2. The lowest BCUT2D eigenvalue weighted by molar-refractivity contribution is -0.131. The molecule has 0 aromatic heterocycles. The maximum absolute atomic E-state index is 13.0. The quantitative estimate of drug-likeness (QED) is 0.604. The fraction of sp³-hybridized carbons (Fsp3) is 0.364. The Morgan fingerprint density at radius 3 is 2.55 bits per heavy atom. The summed E-state index contributed by atoms with van der Waals surface area (Å²) in [6, 6.07) is 14.9. The summed E-state index contributed by atoms with van der Waals surface area (Å²) >= 11 is 12.1. The first-order chi connectivity index (χ1) is 14.3. The first-order valence-electron chi connectivity index (χ1n) is 9.80. The number of rotatable bonds is 7. The van der Waals surface area contributed by atoms with Crippen LogP contribution >= 0.6 is 35.6 Å². The largest absolute Gasteiger partial charge is 0.465 e. The van der Waals surface area contributed by atoms with Crippen LogP contribution in [0.3, 0.4) is 0 Å². The molecule has 31 heavy (non-hydrogen) atoms. The van der Waals surface area contributed by atoms with E-state index >= 15 is 0 Å². The van der Waals surface area contributed by atoms with Crippen LogP contribution < -0.4 is 5.32 Å². The molecule has 0 bridgehead atoms. The van der Waals surface area contributed by atoms with E-state index < -0.39 is 6.09 Å². The highest BCUT2D eigenvalue weighted by Gasteiger charge is 2.29. The van der Waals surface area contributed by atoms with Crippen LogP contribution in [0.5, 0.6) is 0 Å². The molecule has 0 spiro atoms. The van der Waals surface area contributed by atoms with Crippen molar-refractivity contribution in [3.63, 3.8) is 0 Å². The molecular weight excluding hydrogens is 461 g/mol. The summed E-state index contributed by atoms with van der Waals surface area (Å²) < 4.78 is 0. The van der Waals surface area contributed by atoms with Crippen molar-refractivity contribution in [3.8, 4) is 0 Å². The number of nitrogens with one attached hydrogen (secondary N) is 1. The van der Waals surface area contributed by atoms with Crippen molar-refractivity contribution in [2.24, 2.45) is 0 Å². The molecule has 6 nitrogen and oxygen atoms in total. The van der Waals surface area contributed by atoms with Crippen molar-refractivity contribution in [2.75, 3.05) is 26.7 Å². The number of carbonyl (C=O) groups excluding carboxylic acids is 1. The molecule has 2 N–H and O–H groups in total. The lowest BCUT2D eigenvalue weighted by atomic mass is 10.0. The molecule has 9 heteroatoms. The van der Waals surface area contributed by atoms with Crippen molar-refractivity contribution < 1.29 is 14.7 Å². The lowest BCUT2D eigenvalue weighted by Crippen LogP contribution is -2.41. The first kappa shape index (κ1) is 25.3. The Morgan fingerprint density at radius 2 is 1.90 bits per heavy atom. The van der Waals surface area contributed by atoms with Gasteiger partial charge in [0, 0.05) is 32.7 Å². The summed E-state index contributed by atoms with van der Waals surface area (Å²) in [5.74, 6) is -0.0262. The summed E-state index contributed by atoms with van der Waals surface area (Å²) in [5.41, 5.74) is 1.84. The van der Waals surface area contributed by atoms with E-state index in [-0.39, 0.29) is 36.8 Å². The van der Waals surface area contributed by atoms with E-state index in [0.29, 0.717) is 23.1 Å². The van der Waals surface area contributed by atoms with Gasteiger partial charge in [-0.1, -0.05) is 59.6 Å². The zero-order valence-corrected chi connectivity index (χ0v) is 19.5. The second-order valence-corrected chi connectivity index (χ2v) is 8.37. The molecule has 2 aromatic carbocycles. The highest BCUT2D eigenvalue weighted by molar-refractivity contribution is 6.42. The molecule has 2 atom stereocenters. The van der Waals surface area contributed by atoms with Gasteiger partial charge in [0.1, 0.15) is 0 Å². The average Bonchev–Trinajstić information content (AvgIpc) is 3.15. The van der Waals surface area contributed by atoms with Gasteiger partial charge in [0.05, 0.1) is 22.5 Å². The lowest BCUT2D eigenvalue weighted by Gasteiger charge is -2.32. The van der Waals surface area contributed by atoms with Gasteiger partial charge in [-0.2, -0.15) is 0 Å². The van der Waals surface area contributed by atoms with Crippen LogP contribution in [0.1, 0.15) is 23.6 Å². The number of likely N-dealkylation sites (tertiary alicyclic amines) is 1. The number of carbonyl (C=O) groups is 2. The molecule has 1 unspecified atom stereocenters. The predicted molar refractivity (Wildman–Crippen MR) is 125 cm³/mol. The predicted octanol–water partition coefficient (Wildman–Crippen LogP) is 4.50. The molecule has 2 amide bonds. The van der Waals surface area contributed by atoms with Crippen LogP contribution in [0.25, 0.3) is 0 Å². The van der Waals surface area contributed by atoms with Crippen LogP contribution in [0.4, 0.5) is 4.79 Å². The van der Waals surface area contributed by atoms with Gasteiger partial charge in [0.2, 0.25) is 5.91 Å². The van der Waals surface area contributed by atoms with Gasteiger partial charge in [0.25, 0.3) is 0 Å². The smallest absolute Gasteiger partial charge is 0.404 e. The molecule has 1 aliphatic rings. The molecule has 0 saturated carbocycles. The Kier molecular flexibility index (Phi) is 9.44. The van der Waals surface area contributed by atoms with E-state index in [1.165, 1.54) is 0 Å². The minimum absolute atomic E-state index is 0. The monoisotopic (exact) mass is 485 g/mol. The van der Waals surface area contributed by atoms with Crippen LogP contribution in [0.15, 0.2) is 48.5 Å². The normalized spacial score (nSPS) is 16.9. The van der Waals surface area contributed by atoms with Gasteiger partial charge in [-0.05, 0) is 29.7 Å². The van der Waals surface area contributed by atoms with Gasteiger partial charge in [0.15, 0.2) is 0 Å². The fourth-order valence-corrected chi connectivity index (χ4v) is 4.11. The van der Waals surface area contributed by atoms with Crippen LogP contribution in [-0.4, -0.2) is 59.6 Å². The van der Waals surface area contributed by atoms with Crippen LogP contribution in [0, 0.1) is 0 Å². The van der Waals surface area contributed by atoms with E-state index in [9.17, 15) is 9.59 Å². The van der Waals surface area contributed by atoms with Crippen molar-refractivity contribution in [1.29, 1.82) is 0 Å². The van der Waals surface area contributed by atoms with Crippen molar-refractivity contribution >= 4 is 47.6 Å². The Morgan fingerprint density at radius 1 is 1.19 bits per heavy atom. The molecule has 1 heterocycles. The molecule has 1 saturated heterocycles. The first-order valence-corrected chi connectivity index (χ1v) is 10.6. The standard InChI is InChI=1S/C22H25Cl2N3O3.ClH/c1-26(21(28)12-15-7-8-18(23)19(24)11-15)20(16-5-3-2-4-6-16)14-27-10-9-17(13-27)25-22(29)30;/h2-8,11,17,20,25H,9-10,12-14H2,1H3,(H,29,30);1H/t17-,20?;/m0./s1. The van der Waals surface area contributed by atoms with Crippen LogP contribution in [0.2, 0.25) is 10.0 Å². The number of likely N-dealkylation sites (N-methyl/N-ethyl adjacent to an activating group) is 1. The molecular formula is C22H26Cl3N3O3. The molecule has 0 aliphatic carbocycles. The number of hydrogen-bond acceptors (Lipinski definition) is 3. The number of carboxylic acid groups (broad SMARTS) is 1. The molecule has 1 fully saturated rings. The third-order valence-corrected chi connectivity index (χ3v) is 6.15. The average molecular weight is 487 g/mol. The maximum atomic E-state index is 13.0. The van der Waals surface area contributed by atoms with E-state index in [0.717, 1.165) is 24.1 Å². The second kappa shape index (κ2) is 11.6. The Bertz CT molecular complexity index is 898. The minimum atomic E-state index is -1.00. The van der Waals surface area contributed by atoms with E-state index in [1.807, 2.05) is 30.3 Å². The summed E-state index contributed by atoms with van der Waals surface area (Å²) in [4.78, 5) is 27.9. The third kappa shape index (κ3) is 7.01. The van der Waals surface area contributed by atoms with E-state index in [2.05, 4.69) is 10.2 Å². The molecule has 3 rings (SSSR count). The second-order valence-electron chi connectivity index (χ2n) is 7.55. The maximum Gasteiger partial charge on any atom is 0.404 e. The van der Waals surface area contributed by atoms with E-state index in [4.69, 9.17) is 28.3 Å². The zero-order valence-electron chi connectivity index (χ0n) is 17.1. The van der Waals surface area contributed by atoms with Gasteiger partial charge in [-0.3, -0.25) is 9.69 Å². The Balaban J connectivity index is 0.00000341. The molecule has 0 radical (unpaired) electrons. The summed E-state index contributed by atoms with van der Waals surface area (Å²) in [5, 5.41) is 12.4. The van der Waals surface area contributed by atoms with Crippen LogP contribution in [-0.2, 0) is 11.2 Å². The Labute approximate surface area is 198 Å². The van der Waals surface area contributed by atoms with E-state index in [1.54, 1.807) is 30.1 Å². The van der Waals surface area contributed by atoms with Gasteiger partial charge < -0.3 is 15.3 Å². The highest BCUT2D eigenvalue weighted by Crippen LogP contribution is 2.26. The van der Waals surface area contributed by atoms with Crippen molar-refractivity contribution in [3.05, 3.63) is 69.7 Å². The number of halogens is 3. The SMILES string of the molecule is CN(C(=O)Cc1ccc(Cl)c(Cl)c1)C(CN1CC[C@H](NC(=O)O)C1)c1ccccc1.Cl. The number of amides is 2. The molecule has 1 aliphatic heterocycles. The topological polar surface area (TPSA) is 72.9 Å². The molecule has 168 valence electrons. The summed E-state index contributed by atoms with van der Waals surface area (Å²) in [7, 11) is 1.81. The zero-order chi connectivity index (χ0) is 21.7. The Hall–Kier alpha value is -1.99. The highest BCUT2D eigenvalue weighted by atomic mass is 35.5. The summed E-state index contributed by atoms with van der Waals surface area (Å²) in [6.45, 7) is 2.04. The van der Waals surface area contributed by atoms with Crippen molar-refractivity contribution in [2.45, 2.75) is 24.9 Å². The minimum Gasteiger partial charge on any atom is -0.465 e. The van der Waals surface area contributed by atoms with Gasteiger partial charge in [-0.15, -0.1) is 12.4 Å². The van der Waals surface area contributed by atoms with Gasteiger partial charge >= 0.3 is 6.09 Å². The molecule has 2 aromatic rings. The third-order valence-electron chi connectivity index (χ3n) is 5.42. The van der Waals surface area contributed by atoms with Gasteiger partial charge in [-0.25, -0.2) is 4.79 Å². The number of hydrogen-bond donors (Lipinski definition) is 2. The van der Waals surface area contributed by atoms with Crippen molar-refractivity contribution in [1.82, 2.24) is 15.1 Å². The fourth-order valence-electron chi connectivity index (χ4n) is 3.78. The number of benzene rings is 2.